The fraction of sp³-hybridized carbons (Fsp3) is 0.818. The van der Waals surface area contributed by atoms with E-state index in [1.807, 2.05) is 13.8 Å². The number of carbonyl (C=O) groups excluding carboxylic acids is 4. The summed E-state index contributed by atoms with van der Waals surface area (Å²) in [5.41, 5.74) is 0. The molecule has 0 aromatic heterocycles. The van der Waals surface area contributed by atoms with E-state index in [0.717, 1.165) is 51.9 Å². The summed E-state index contributed by atoms with van der Waals surface area (Å²) in [6.45, 7) is 8.17. The molecule has 2 unspecified atom stereocenters. The molecule has 0 spiro atoms. The van der Waals surface area contributed by atoms with E-state index in [9.17, 15) is 19.2 Å². The zero-order valence-electron chi connectivity index (χ0n) is 18.2. The zero-order valence-corrected chi connectivity index (χ0v) is 18.2. The lowest BCUT2D eigenvalue weighted by molar-refractivity contribution is -0.141. The Hall–Kier alpha value is -1.80. The molecule has 0 N–H and O–H groups in total. The van der Waals surface area contributed by atoms with Gasteiger partial charge in [0.05, 0.1) is 24.9 Å². The first-order chi connectivity index (χ1) is 14.4. The van der Waals surface area contributed by atoms with Crippen LogP contribution in [0.15, 0.2) is 0 Å². The summed E-state index contributed by atoms with van der Waals surface area (Å²) in [5.74, 6) is 1.17. The summed E-state index contributed by atoms with van der Waals surface area (Å²) in [4.78, 5) is 56.2. The van der Waals surface area contributed by atoms with Crippen LogP contribution in [-0.4, -0.2) is 94.6 Å². The largest absolute Gasteiger partial charge is 0.292 e. The lowest BCUT2D eigenvalue weighted by atomic mass is 9.78. The predicted octanol–water partition coefficient (Wildman–Crippen LogP) is 0.705. The van der Waals surface area contributed by atoms with Crippen LogP contribution in [0.25, 0.3) is 0 Å². The van der Waals surface area contributed by atoms with Gasteiger partial charge in [0, 0.05) is 13.1 Å². The molecule has 8 nitrogen and oxygen atoms in total. The number of hydrogen-bond acceptors (Lipinski definition) is 6. The number of amides is 4. The quantitative estimate of drug-likeness (QED) is 0.612. The molecule has 0 aromatic carbocycles. The minimum atomic E-state index is -0.257. The van der Waals surface area contributed by atoms with E-state index in [2.05, 4.69) is 9.80 Å². The Bertz CT molecular complexity index is 650. The second kappa shape index (κ2) is 8.75. The highest BCUT2D eigenvalue weighted by molar-refractivity contribution is 6.06. The van der Waals surface area contributed by atoms with Crippen LogP contribution < -0.4 is 0 Å². The summed E-state index contributed by atoms with van der Waals surface area (Å²) in [7, 11) is 0. The molecule has 4 rings (SSSR count). The van der Waals surface area contributed by atoms with Gasteiger partial charge in [0.2, 0.25) is 23.6 Å². The number of rotatable bonds is 5. The molecule has 8 heteroatoms. The lowest BCUT2D eigenvalue weighted by Gasteiger charge is -2.42. The highest BCUT2D eigenvalue weighted by Gasteiger charge is 2.44. The molecule has 0 aromatic rings. The first-order valence-electron chi connectivity index (χ1n) is 11.6. The topological polar surface area (TPSA) is 81.2 Å². The van der Waals surface area contributed by atoms with Gasteiger partial charge in [0.1, 0.15) is 0 Å². The molecule has 4 aliphatic heterocycles. The number of nitrogens with zero attached hydrogens (tertiary/aromatic N) is 4. The van der Waals surface area contributed by atoms with Gasteiger partial charge in [-0.2, -0.15) is 0 Å². The molecule has 4 saturated heterocycles. The Morgan fingerprint density at radius 3 is 1.23 bits per heavy atom. The van der Waals surface area contributed by atoms with E-state index >= 15 is 0 Å². The molecule has 4 heterocycles. The third kappa shape index (κ3) is 3.80. The summed E-state index contributed by atoms with van der Waals surface area (Å²) in [6.07, 6.45) is 4.94. The van der Waals surface area contributed by atoms with Crippen molar-refractivity contribution in [2.24, 2.45) is 11.8 Å². The van der Waals surface area contributed by atoms with Gasteiger partial charge in [-0.1, -0.05) is 0 Å². The molecular weight excluding hydrogens is 384 g/mol. The van der Waals surface area contributed by atoms with E-state index in [1.165, 1.54) is 9.80 Å². The third-order valence-corrected chi connectivity index (χ3v) is 7.77. The molecule has 0 radical (unpaired) electrons. The Kier molecular flexibility index (Phi) is 6.25. The molecule has 0 saturated carbocycles. The predicted molar refractivity (Wildman–Crippen MR) is 110 cm³/mol. The van der Waals surface area contributed by atoms with Gasteiger partial charge < -0.3 is 0 Å². The van der Waals surface area contributed by atoms with Gasteiger partial charge in [-0.3, -0.25) is 38.8 Å². The summed E-state index contributed by atoms with van der Waals surface area (Å²) >= 11 is 0. The van der Waals surface area contributed by atoms with Crippen LogP contribution in [0.3, 0.4) is 0 Å². The summed E-state index contributed by atoms with van der Waals surface area (Å²) in [6, 6.07) is -0.514. The van der Waals surface area contributed by atoms with Crippen molar-refractivity contribution in [2.75, 3.05) is 39.3 Å². The van der Waals surface area contributed by atoms with Crippen LogP contribution in [0, 0.1) is 11.8 Å². The van der Waals surface area contributed by atoms with Gasteiger partial charge in [0.25, 0.3) is 0 Å². The number of likely N-dealkylation sites (tertiary alicyclic amines) is 4. The van der Waals surface area contributed by atoms with Gasteiger partial charge in [0.15, 0.2) is 0 Å². The fourth-order valence-corrected chi connectivity index (χ4v) is 5.97. The number of likely N-dealkylation sites (N-methyl/N-ethyl adjacent to an activating group) is 2. The SMILES string of the molecule is CCN1C(=O)CC(N2CCC(C3CCN(C4CC(=O)N(CC)C4=O)CC3)CC2)C1=O. The maximum absolute atomic E-state index is 12.5. The van der Waals surface area contributed by atoms with Crippen molar-refractivity contribution in [2.45, 2.75) is 64.5 Å². The molecule has 166 valence electrons. The maximum atomic E-state index is 12.5. The van der Waals surface area contributed by atoms with Crippen molar-refractivity contribution >= 4 is 23.6 Å². The van der Waals surface area contributed by atoms with E-state index in [1.54, 1.807) is 0 Å². The minimum absolute atomic E-state index is 0.0221. The molecule has 4 aliphatic rings. The zero-order chi connectivity index (χ0) is 21.4. The van der Waals surface area contributed by atoms with Gasteiger partial charge in [-0.15, -0.1) is 0 Å². The second-order valence-corrected chi connectivity index (χ2v) is 9.14. The third-order valence-electron chi connectivity index (χ3n) is 7.77. The van der Waals surface area contributed by atoms with Crippen LogP contribution in [0.5, 0.6) is 0 Å². The number of imide groups is 2. The van der Waals surface area contributed by atoms with Crippen molar-refractivity contribution in [3.8, 4) is 0 Å². The second-order valence-electron chi connectivity index (χ2n) is 9.14. The molecule has 4 amide bonds. The number of piperidine rings is 2. The van der Waals surface area contributed by atoms with E-state index in [-0.39, 0.29) is 35.7 Å². The average molecular weight is 419 g/mol. The van der Waals surface area contributed by atoms with Gasteiger partial charge in [-0.25, -0.2) is 0 Å². The molecular formula is C22H34N4O4. The number of carbonyl (C=O) groups is 4. The van der Waals surface area contributed by atoms with Crippen molar-refractivity contribution in [1.82, 2.24) is 19.6 Å². The molecule has 4 fully saturated rings. The molecule has 30 heavy (non-hydrogen) atoms. The van der Waals surface area contributed by atoms with Crippen molar-refractivity contribution in [3.63, 3.8) is 0 Å². The van der Waals surface area contributed by atoms with Crippen LogP contribution in [0.1, 0.15) is 52.4 Å². The van der Waals surface area contributed by atoms with E-state index in [4.69, 9.17) is 0 Å². The first kappa shape index (κ1) is 21.4. The van der Waals surface area contributed by atoms with Gasteiger partial charge >= 0.3 is 0 Å². The highest BCUT2D eigenvalue weighted by Crippen LogP contribution is 2.35. The van der Waals surface area contributed by atoms with Crippen LogP contribution in [0.2, 0.25) is 0 Å². The van der Waals surface area contributed by atoms with E-state index < -0.39 is 0 Å². The van der Waals surface area contributed by atoms with Crippen molar-refractivity contribution < 1.29 is 19.2 Å². The molecule has 2 atom stereocenters. The Balaban J connectivity index is 1.25. The average Bonchev–Trinajstić information content (AvgIpc) is 3.22. The minimum Gasteiger partial charge on any atom is -0.292 e. The van der Waals surface area contributed by atoms with Gasteiger partial charge in [-0.05, 0) is 77.5 Å². The lowest BCUT2D eigenvalue weighted by Crippen LogP contribution is -2.49. The van der Waals surface area contributed by atoms with Crippen LogP contribution in [-0.2, 0) is 19.2 Å². The Morgan fingerprint density at radius 2 is 0.967 bits per heavy atom. The molecule has 0 aliphatic carbocycles. The Labute approximate surface area is 178 Å². The monoisotopic (exact) mass is 418 g/mol. The standard InChI is InChI=1S/C22H34N4O4/c1-3-25-19(27)13-17(21(25)29)23-9-5-15(6-10-23)16-7-11-24(12-8-16)18-14-20(28)26(4-2)22(18)30/h15-18H,3-14H2,1-2H3. The van der Waals surface area contributed by atoms with E-state index in [0.29, 0.717) is 37.8 Å². The Morgan fingerprint density at radius 1 is 0.633 bits per heavy atom. The summed E-state index contributed by atoms with van der Waals surface area (Å²) < 4.78 is 0. The summed E-state index contributed by atoms with van der Waals surface area (Å²) in [5, 5.41) is 0. The molecule has 0 bridgehead atoms. The van der Waals surface area contributed by atoms with Crippen LogP contribution in [0.4, 0.5) is 0 Å². The smallest absolute Gasteiger partial charge is 0.247 e. The maximum Gasteiger partial charge on any atom is 0.247 e. The normalized spacial score (nSPS) is 30.9. The fourth-order valence-electron chi connectivity index (χ4n) is 5.97. The van der Waals surface area contributed by atoms with Crippen LogP contribution >= 0.6 is 0 Å². The first-order valence-corrected chi connectivity index (χ1v) is 11.6. The van der Waals surface area contributed by atoms with Crippen molar-refractivity contribution in [3.05, 3.63) is 0 Å². The highest BCUT2D eigenvalue weighted by atomic mass is 16.2. The number of hydrogen-bond donors (Lipinski definition) is 0. The van der Waals surface area contributed by atoms with Crippen molar-refractivity contribution in [1.29, 1.82) is 0 Å².